The van der Waals surface area contributed by atoms with Crippen LogP contribution in [0.25, 0.3) is 0 Å². The molecule has 0 radical (unpaired) electrons. The van der Waals surface area contributed by atoms with E-state index < -0.39 is 17.9 Å². The standard InChI is InChI=1S/C33H44N4O5/c1-2-3-15-35(16-7-6-14-34)31(39)22-36-21-26(23-10-11-29-25(19-23)13-18-42-29)32(33(40)41)28(36)12-17-37-27-9-5-4-8-24(27)20-30(37)38/h4-5,8-11,19,26,28,32H,2-3,6-7,12-18,20-22,34H2,1H3,(H,40,41)/t26-,28+,32-/m1/s1. The minimum atomic E-state index is -0.865. The van der Waals surface area contributed by atoms with Gasteiger partial charge in [0, 0.05) is 50.2 Å². The smallest absolute Gasteiger partial charge is 0.308 e. The van der Waals surface area contributed by atoms with Crippen LogP contribution in [0.3, 0.4) is 0 Å². The molecule has 2 aromatic rings. The van der Waals surface area contributed by atoms with Crippen molar-refractivity contribution in [3.8, 4) is 5.75 Å². The molecule has 1 fully saturated rings. The Bertz CT molecular complexity index is 1280. The molecule has 9 nitrogen and oxygen atoms in total. The molecule has 5 rings (SSSR count). The average Bonchev–Trinajstić information content (AvgIpc) is 3.68. The van der Waals surface area contributed by atoms with Gasteiger partial charge >= 0.3 is 5.97 Å². The summed E-state index contributed by atoms with van der Waals surface area (Å²) in [5, 5.41) is 10.6. The van der Waals surface area contributed by atoms with Gasteiger partial charge in [0.2, 0.25) is 11.8 Å². The number of anilines is 1. The molecule has 2 aromatic carbocycles. The van der Waals surface area contributed by atoms with E-state index in [-0.39, 0.29) is 24.3 Å². The van der Waals surface area contributed by atoms with E-state index in [1.165, 1.54) is 0 Å². The van der Waals surface area contributed by atoms with Gasteiger partial charge in [-0.1, -0.05) is 43.7 Å². The number of carbonyl (C=O) groups is 3. The molecule has 3 heterocycles. The number of hydrogen-bond donors (Lipinski definition) is 2. The third kappa shape index (κ3) is 6.47. The number of carboxylic acid groups (broad SMARTS) is 1. The second kappa shape index (κ2) is 13.7. The van der Waals surface area contributed by atoms with Gasteiger partial charge in [-0.25, -0.2) is 0 Å². The molecule has 0 saturated carbocycles. The van der Waals surface area contributed by atoms with Crippen LogP contribution >= 0.6 is 0 Å². The van der Waals surface area contributed by atoms with Gasteiger partial charge in [-0.3, -0.25) is 19.3 Å². The molecule has 0 unspecified atom stereocenters. The first-order valence-electron chi connectivity index (χ1n) is 15.5. The first-order valence-corrected chi connectivity index (χ1v) is 15.5. The lowest BCUT2D eigenvalue weighted by Crippen LogP contribution is -2.46. The molecule has 3 atom stereocenters. The summed E-state index contributed by atoms with van der Waals surface area (Å²) in [5.74, 6) is -0.913. The third-order valence-corrected chi connectivity index (χ3v) is 9.10. The molecular formula is C33H44N4O5. The summed E-state index contributed by atoms with van der Waals surface area (Å²) in [6, 6.07) is 13.4. The number of nitrogens with two attached hydrogens (primary N) is 1. The van der Waals surface area contributed by atoms with Crippen molar-refractivity contribution in [2.75, 3.05) is 50.8 Å². The predicted molar refractivity (Wildman–Crippen MR) is 162 cm³/mol. The molecule has 0 spiro atoms. The van der Waals surface area contributed by atoms with E-state index in [0.717, 1.165) is 60.2 Å². The number of para-hydroxylation sites is 1. The maximum Gasteiger partial charge on any atom is 0.308 e. The average molecular weight is 577 g/mol. The number of benzene rings is 2. The van der Waals surface area contributed by atoms with E-state index >= 15 is 0 Å². The summed E-state index contributed by atoms with van der Waals surface area (Å²) in [6.45, 7) is 5.74. The number of aliphatic carboxylic acids is 1. The zero-order chi connectivity index (χ0) is 29.6. The van der Waals surface area contributed by atoms with Gasteiger partial charge in [-0.15, -0.1) is 0 Å². The van der Waals surface area contributed by atoms with Gasteiger partial charge in [0.15, 0.2) is 0 Å². The maximum absolute atomic E-state index is 13.7. The van der Waals surface area contributed by atoms with E-state index in [2.05, 4.69) is 17.9 Å². The van der Waals surface area contributed by atoms with E-state index in [4.69, 9.17) is 10.5 Å². The number of nitrogens with zero attached hydrogens (tertiary/aromatic N) is 3. The molecule has 1 saturated heterocycles. The molecule has 3 N–H and O–H groups in total. The van der Waals surface area contributed by atoms with Crippen molar-refractivity contribution in [1.29, 1.82) is 0 Å². The number of hydrogen-bond acceptors (Lipinski definition) is 6. The Balaban J connectivity index is 1.40. The van der Waals surface area contributed by atoms with E-state index in [0.29, 0.717) is 52.2 Å². The van der Waals surface area contributed by atoms with Crippen molar-refractivity contribution >= 4 is 23.5 Å². The van der Waals surface area contributed by atoms with Crippen molar-refractivity contribution < 1.29 is 24.2 Å². The topological polar surface area (TPSA) is 116 Å². The van der Waals surface area contributed by atoms with Gasteiger partial charge in [-0.05, 0) is 61.1 Å². The summed E-state index contributed by atoms with van der Waals surface area (Å²) in [6.07, 6.45) is 5.26. The largest absolute Gasteiger partial charge is 0.493 e. The SMILES string of the molecule is CCCCN(CCCCN)C(=O)CN1C[C@H](c2ccc3c(c2)CCO3)[C@@H](C(=O)O)[C@@H]1CCN1C(=O)Cc2ccccc21. The molecule has 0 bridgehead atoms. The molecular weight excluding hydrogens is 532 g/mol. The van der Waals surface area contributed by atoms with Crippen LogP contribution in [0, 0.1) is 5.92 Å². The van der Waals surface area contributed by atoms with Crippen LogP contribution in [0.5, 0.6) is 5.75 Å². The monoisotopic (exact) mass is 576 g/mol. The van der Waals surface area contributed by atoms with Crippen LogP contribution < -0.4 is 15.4 Å². The van der Waals surface area contributed by atoms with Crippen LogP contribution in [0.2, 0.25) is 0 Å². The number of rotatable bonds is 14. The summed E-state index contributed by atoms with van der Waals surface area (Å²) in [4.78, 5) is 45.4. The summed E-state index contributed by atoms with van der Waals surface area (Å²) < 4.78 is 5.70. The number of unbranched alkanes of at least 4 members (excludes halogenated alkanes) is 2. The Morgan fingerprint density at radius 2 is 1.90 bits per heavy atom. The lowest BCUT2D eigenvalue weighted by atomic mass is 9.83. The highest BCUT2D eigenvalue weighted by Gasteiger charge is 2.47. The van der Waals surface area contributed by atoms with Gasteiger partial charge in [-0.2, -0.15) is 0 Å². The number of carbonyl (C=O) groups excluding carboxylic acids is 2. The van der Waals surface area contributed by atoms with E-state index in [1.54, 1.807) is 4.90 Å². The zero-order valence-electron chi connectivity index (χ0n) is 24.7. The van der Waals surface area contributed by atoms with Gasteiger partial charge < -0.3 is 25.4 Å². The minimum Gasteiger partial charge on any atom is -0.493 e. The van der Waals surface area contributed by atoms with Crippen molar-refractivity contribution in [3.05, 3.63) is 59.2 Å². The second-order valence-electron chi connectivity index (χ2n) is 11.8. The van der Waals surface area contributed by atoms with E-state index in [1.807, 2.05) is 41.3 Å². The molecule has 2 amide bonds. The lowest BCUT2D eigenvalue weighted by Gasteiger charge is -2.31. The number of likely N-dealkylation sites (tertiary alicyclic amines) is 1. The van der Waals surface area contributed by atoms with Gasteiger partial charge in [0.05, 0.1) is 25.5 Å². The Hall–Kier alpha value is -3.43. The molecule has 42 heavy (non-hydrogen) atoms. The minimum absolute atomic E-state index is 0.0280. The molecule has 3 aliphatic heterocycles. The van der Waals surface area contributed by atoms with Crippen molar-refractivity contribution in [1.82, 2.24) is 9.80 Å². The third-order valence-electron chi connectivity index (χ3n) is 9.10. The summed E-state index contributed by atoms with van der Waals surface area (Å²) in [7, 11) is 0. The van der Waals surface area contributed by atoms with Crippen molar-refractivity contribution in [2.45, 2.75) is 63.8 Å². The zero-order valence-corrected chi connectivity index (χ0v) is 24.7. The van der Waals surface area contributed by atoms with Gasteiger partial charge in [0.1, 0.15) is 5.75 Å². The number of fused-ring (bicyclic) bond motifs is 2. The molecule has 226 valence electrons. The second-order valence-corrected chi connectivity index (χ2v) is 11.8. The Morgan fingerprint density at radius 3 is 2.69 bits per heavy atom. The quantitative estimate of drug-likeness (QED) is 0.331. The number of amides is 2. The number of carboxylic acids is 1. The fourth-order valence-corrected chi connectivity index (χ4v) is 6.88. The fourth-order valence-electron chi connectivity index (χ4n) is 6.88. The number of ether oxygens (including phenoxy) is 1. The first-order chi connectivity index (χ1) is 20.4. The Labute approximate surface area is 248 Å². The summed E-state index contributed by atoms with van der Waals surface area (Å²) in [5.41, 5.74) is 9.68. The fraction of sp³-hybridized carbons (Fsp3) is 0.545. The molecule has 0 aromatic heterocycles. The van der Waals surface area contributed by atoms with Crippen LogP contribution in [0.4, 0.5) is 5.69 Å². The van der Waals surface area contributed by atoms with Crippen LogP contribution in [0.15, 0.2) is 42.5 Å². The highest BCUT2D eigenvalue weighted by molar-refractivity contribution is 6.01. The van der Waals surface area contributed by atoms with Crippen LogP contribution in [-0.2, 0) is 27.2 Å². The van der Waals surface area contributed by atoms with E-state index in [9.17, 15) is 19.5 Å². The van der Waals surface area contributed by atoms with Crippen molar-refractivity contribution in [2.24, 2.45) is 11.7 Å². The molecule has 0 aliphatic carbocycles. The first kappa shape index (κ1) is 30.0. The Kier molecular flexibility index (Phi) is 9.80. The highest BCUT2D eigenvalue weighted by atomic mass is 16.5. The predicted octanol–water partition coefficient (Wildman–Crippen LogP) is 3.44. The lowest BCUT2D eigenvalue weighted by molar-refractivity contribution is -0.143. The maximum atomic E-state index is 13.7. The molecule has 9 heteroatoms. The molecule has 3 aliphatic rings. The van der Waals surface area contributed by atoms with Crippen LogP contribution in [-0.4, -0.2) is 84.6 Å². The van der Waals surface area contributed by atoms with Crippen LogP contribution in [0.1, 0.15) is 61.6 Å². The Morgan fingerprint density at radius 1 is 1.10 bits per heavy atom. The normalized spacial score (nSPS) is 21.3. The van der Waals surface area contributed by atoms with Gasteiger partial charge in [0.25, 0.3) is 0 Å². The van der Waals surface area contributed by atoms with Crippen molar-refractivity contribution in [3.63, 3.8) is 0 Å². The summed E-state index contributed by atoms with van der Waals surface area (Å²) >= 11 is 0. The highest BCUT2D eigenvalue weighted by Crippen LogP contribution is 2.41.